The van der Waals surface area contributed by atoms with Gasteiger partial charge in [0.25, 0.3) is 0 Å². The number of carbonyl (C=O) groups excluding carboxylic acids is 1. The summed E-state index contributed by atoms with van der Waals surface area (Å²) in [5.74, 6) is 0.297. The summed E-state index contributed by atoms with van der Waals surface area (Å²) in [5.41, 5.74) is -0.929. The van der Waals surface area contributed by atoms with Crippen molar-refractivity contribution in [2.45, 2.75) is 29.9 Å². The van der Waals surface area contributed by atoms with Gasteiger partial charge in [0.05, 0.1) is 28.6 Å². The highest BCUT2D eigenvalue weighted by Crippen LogP contribution is 2.34. The first-order valence-corrected chi connectivity index (χ1v) is 7.72. The number of rotatable bonds is 5. The van der Waals surface area contributed by atoms with Crippen LogP contribution in [-0.2, 0) is 17.5 Å². The van der Waals surface area contributed by atoms with Crippen LogP contribution in [0.4, 0.5) is 13.2 Å². The van der Waals surface area contributed by atoms with Crippen LogP contribution in [0.1, 0.15) is 18.2 Å². The molecule has 124 valence electrons. The van der Waals surface area contributed by atoms with Gasteiger partial charge in [-0.15, -0.1) is 0 Å². The molecule has 1 atom stereocenters. The van der Waals surface area contributed by atoms with E-state index in [1.807, 2.05) is 0 Å². The van der Waals surface area contributed by atoms with Crippen LogP contribution in [0.15, 0.2) is 40.1 Å². The Kier molecular flexibility index (Phi) is 5.59. The van der Waals surface area contributed by atoms with Gasteiger partial charge in [0.1, 0.15) is 10.8 Å². The molecule has 0 aliphatic rings. The van der Waals surface area contributed by atoms with Crippen LogP contribution < -0.4 is 5.32 Å². The number of hydrogen-bond donors (Lipinski definition) is 1. The summed E-state index contributed by atoms with van der Waals surface area (Å²) in [6.07, 6.45) is -2.32. The van der Waals surface area contributed by atoms with Crippen molar-refractivity contribution in [2.24, 2.45) is 0 Å². The number of thioether (sulfide) groups is 1. The van der Waals surface area contributed by atoms with Crippen molar-refractivity contribution in [3.05, 3.63) is 47.0 Å². The Balaban J connectivity index is 1.96. The molecular weight excluding hydrogens is 353 g/mol. The lowest BCUT2D eigenvalue weighted by Gasteiger charge is -2.13. The minimum Gasteiger partial charge on any atom is -0.467 e. The van der Waals surface area contributed by atoms with Gasteiger partial charge in [-0.3, -0.25) is 4.79 Å². The lowest BCUT2D eigenvalue weighted by molar-refractivity contribution is -0.137. The van der Waals surface area contributed by atoms with E-state index in [1.165, 1.54) is 6.26 Å². The summed E-state index contributed by atoms with van der Waals surface area (Å²) < 4.78 is 42.7. The summed E-state index contributed by atoms with van der Waals surface area (Å²) in [6, 6.07) is 4.21. The molecule has 2 heterocycles. The topological polar surface area (TPSA) is 55.1 Å². The molecule has 0 aliphatic heterocycles. The third-order valence-electron chi connectivity index (χ3n) is 2.81. The molecule has 1 N–H and O–H groups in total. The van der Waals surface area contributed by atoms with E-state index < -0.39 is 17.0 Å². The lowest BCUT2D eigenvalue weighted by Crippen LogP contribution is -2.30. The zero-order valence-corrected chi connectivity index (χ0v) is 13.4. The molecule has 23 heavy (non-hydrogen) atoms. The fourth-order valence-electron chi connectivity index (χ4n) is 1.62. The third kappa shape index (κ3) is 4.90. The van der Waals surface area contributed by atoms with Crippen molar-refractivity contribution in [2.75, 3.05) is 0 Å². The van der Waals surface area contributed by atoms with Crippen molar-refractivity contribution < 1.29 is 22.4 Å². The molecule has 0 spiro atoms. The number of halogens is 4. The first-order chi connectivity index (χ1) is 10.8. The van der Waals surface area contributed by atoms with Crippen LogP contribution in [0.2, 0.25) is 5.02 Å². The average molecular weight is 365 g/mol. The molecule has 0 saturated heterocycles. The van der Waals surface area contributed by atoms with Gasteiger partial charge in [0.2, 0.25) is 5.91 Å². The number of pyridine rings is 1. The second kappa shape index (κ2) is 7.27. The summed E-state index contributed by atoms with van der Waals surface area (Å²) in [4.78, 5) is 15.6. The lowest BCUT2D eigenvalue weighted by atomic mass is 10.3. The number of aromatic nitrogens is 1. The van der Waals surface area contributed by atoms with Gasteiger partial charge in [-0.05, 0) is 25.1 Å². The van der Waals surface area contributed by atoms with Crippen LogP contribution in [-0.4, -0.2) is 16.1 Å². The molecular formula is C14H12ClF3N2O2S. The zero-order valence-electron chi connectivity index (χ0n) is 11.9. The summed E-state index contributed by atoms with van der Waals surface area (Å²) in [7, 11) is 0. The van der Waals surface area contributed by atoms with Crippen LogP contribution >= 0.6 is 23.4 Å². The number of nitrogens with zero attached hydrogens (tertiary/aromatic N) is 1. The molecule has 4 nitrogen and oxygen atoms in total. The highest BCUT2D eigenvalue weighted by Gasteiger charge is 2.32. The highest BCUT2D eigenvalue weighted by atomic mass is 35.5. The number of carbonyl (C=O) groups is 1. The van der Waals surface area contributed by atoms with Crippen molar-refractivity contribution >= 4 is 29.3 Å². The molecule has 0 bridgehead atoms. The quantitative estimate of drug-likeness (QED) is 0.810. The molecule has 0 radical (unpaired) electrons. The van der Waals surface area contributed by atoms with E-state index in [0.29, 0.717) is 12.0 Å². The van der Waals surface area contributed by atoms with Crippen LogP contribution in [0, 0.1) is 0 Å². The molecule has 0 saturated carbocycles. The Morgan fingerprint density at radius 2 is 2.26 bits per heavy atom. The van der Waals surface area contributed by atoms with E-state index in [2.05, 4.69) is 10.3 Å². The van der Waals surface area contributed by atoms with Gasteiger partial charge in [-0.25, -0.2) is 4.98 Å². The van der Waals surface area contributed by atoms with Gasteiger partial charge in [0.15, 0.2) is 0 Å². The van der Waals surface area contributed by atoms with Crippen LogP contribution in [0.5, 0.6) is 0 Å². The second-order valence-corrected chi connectivity index (χ2v) is 6.30. The summed E-state index contributed by atoms with van der Waals surface area (Å²) in [6.45, 7) is 1.84. The van der Waals surface area contributed by atoms with Crippen molar-refractivity contribution in [3.63, 3.8) is 0 Å². The molecule has 0 fully saturated rings. The van der Waals surface area contributed by atoms with Crippen LogP contribution in [0.25, 0.3) is 0 Å². The molecule has 2 rings (SSSR count). The molecule has 9 heteroatoms. The van der Waals surface area contributed by atoms with E-state index in [0.717, 1.165) is 17.8 Å². The minimum atomic E-state index is -4.51. The van der Waals surface area contributed by atoms with Crippen molar-refractivity contribution in [3.8, 4) is 0 Å². The van der Waals surface area contributed by atoms with E-state index in [4.69, 9.17) is 16.0 Å². The maximum atomic E-state index is 12.5. The van der Waals surface area contributed by atoms with Gasteiger partial charge >= 0.3 is 6.18 Å². The number of furan rings is 1. The fourth-order valence-corrected chi connectivity index (χ4v) is 2.73. The van der Waals surface area contributed by atoms with Gasteiger partial charge in [-0.2, -0.15) is 13.2 Å². The first kappa shape index (κ1) is 17.7. The Labute approximate surface area is 139 Å². The Morgan fingerprint density at radius 1 is 1.52 bits per heavy atom. The number of nitrogens with one attached hydrogen (secondary N) is 1. The normalized spacial score (nSPS) is 12.9. The maximum Gasteiger partial charge on any atom is 0.417 e. The number of hydrogen-bond acceptors (Lipinski definition) is 4. The minimum absolute atomic E-state index is 0.143. The Morgan fingerprint density at radius 3 is 2.83 bits per heavy atom. The smallest absolute Gasteiger partial charge is 0.417 e. The van der Waals surface area contributed by atoms with E-state index in [9.17, 15) is 18.0 Å². The Bertz CT molecular complexity index is 677. The molecule has 0 unspecified atom stereocenters. The zero-order chi connectivity index (χ0) is 17.0. The van der Waals surface area contributed by atoms with E-state index >= 15 is 0 Å². The van der Waals surface area contributed by atoms with Crippen LogP contribution in [0.3, 0.4) is 0 Å². The van der Waals surface area contributed by atoms with Gasteiger partial charge in [-0.1, -0.05) is 23.4 Å². The second-order valence-electron chi connectivity index (χ2n) is 4.57. The number of alkyl halides is 3. The molecule has 2 aromatic rings. The Hall–Kier alpha value is -1.67. The summed E-state index contributed by atoms with van der Waals surface area (Å²) >= 11 is 6.79. The highest BCUT2D eigenvalue weighted by molar-refractivity contribution is 8.00. The maximum absolute atomic E-state index is 12.5. The van der Waals surface area contributed by atoms with Gasteiger partial charge in [0, 0.05) is 6.20 Å². The largest absolute Gasteiger partial charge is 0.467 e. The molecule has 0 aliphatic carbocycles. The average Bonchev–Trinajstić information content (AvgIpc) is 2.99. The van der Waals surface area contributed by atoms with E-state index in [1.54, 1.807) is 19.1 Å². The van der Waals surface area contributed by atoms with Crippen molar-refractivity contribution in [1.29, 1.82) is 0 Å². The fraction of sp³-hybridized carbons (Fsp3) is 0.286. The monoisotopic (exact) mass is 364 g/mol. The van der Waals surface area contributed by atoms with Crippen molar-refractivity contribution in [1.82, 2.24) is 10.3 Å². The third-order valence-corrected chi connectivity index (χ3v) is 4.33. The van der Waals surface area contributed by atoms with E-state index in [-0.39, 0.29) is 22.5 Å². The molecule has 1 amide bonds. The standard InChI is InChI=1S/C14H12ClF3N2O2S/c1-8(12(21)19-7-10-3-2-4-22-10)23-13-11(15)5-9(6-20-13)14(16,17)18/h2-6,8H,7H2,1H3,(H,19,21)/t8-/m0/s1. The number of amides is 1. The van der Waals surface area contributed by atoms with Gasteiger partial charge < -0.3 is 9.73 Å². The molecule has 0 aromatic carbocycles. The summed E-state index contributed by atoms with van der Waals surface area (Å²) in [5, 5.41) is 2.10. The predicted octanol–water partition coefficient (Wildman–Crippen LogP) is 4.14. The molecule has 2 aromatic heterocycles. The first-order valence-electron chi connectivity index (χ1n) is 6.47. The predicted molar refractivity (Wildman–Crippen MR) is 80.1 cm³/mol. The SMILES string of the molecule is C[C@H](Sc1ncc(C(F)(F)F)cc1Cl)C(=O)NCc1ccco1.